The Morgan fingerprint density at radius 3 is 2.92 bits per heavy atom. The molecule has 1 spiro atoms. The maximum absolute atomic E-state index is 13.0. The molecule has 1 aromatic heterocycles. The number of piperidine rings is 1. The first-order valence-electron chi connectivity index (χ1n) is 8.87. The number of likely N-dealkylation sites (tertiary alicyclic amines) is 2. The molecule has 2 aliphatic rings. The molecule has 0 radical (unpaired) electrons. The third kappa shape index (κ3) is 3.48. The Kier molecular flexibility index (Phi) is 5.52. The number of hydrogen-bond acceptors (Lipinski definition) is 6. The minimum absolute atomic E-state index is 0.178. The minimum atomic E-state index is -0.178. The number of rotatable bonds is 6. The first kappa shape index (κ1) is 17.8. The van der Waals surface area contributed by atoms with Gasteiger partial charge in [-0.2, -0.15) is 0 Å². The summed E-state index contributed by atoms with van der Waals surface area (Å²) < 4.78 is 9.28. The van der Waals surface area contributed by atoms with Gasteiger partial charge in [0, 0.05) is 33.3 Å². The third-order valence-electron chi connectivity index (χ3n) is 5.32. The van der Waals surface area contributed by atoms with Crippen LogP contribution >= 0.6 is 11.5 Å². The minimum Gasteiger partial charge on any atom is -0.383 e. The highest BCUT2D eigenvalue weighted by Crippen LogP contribution is 2.40. The fourth-order valence-electron chi connectivity index (χ4n) is 4.01. The van der Waals surface area contributed by atoms with Gasteiger partial charge in [0.15, 0.2) is 0 Å². The second-order valence-corrected chi connectivity index (χ2v) is 8.20. The average Bonchev–Trinajstić information content (AvgIpc) is 3.17. The van der Waals surface area contributed by atoms with E-state index in [0.29, 0.717) is 25.0 Å². The summed E-state index contributed by atoms with van der Waals surface area (Å²) in [7, 11) is 1.69. The second kappa shape index (κ2) is 7.45. The topological polar surface area (TPSA) is 58.6 Å². The summed E-state index contributed by atoms with van der Waals surface area (Å²) in [5.41, 5.74) is 0.930. The van der Waals surface area contributed by atoms with Crippen molar-refractivity contribution >= 4 is 17.4 Å². The zero-order valence-corrected chi connectivity index (χ0v) is 15.8. The summed E-state index contributed by atoms with van der Waals surface area (Å²) in [5.74, 6) is 0.732. The smallest absolute Gasteiger partial charge is 0.230 e. The third-order valence-corrected chi connectivity index (χ3v) is 6.04. The Hall–Kier alpha value is -1.05. The van der Waals surface area contributed by atoms with Crippen molar-refractivity contribution in [3.8, 4) is 0 Å². The van der Waals surface area contributed by atoms with Crippen LogP contribution in [0.1, 0.15) is 49.6 Å². The number of hydrogen-bond donors (Lipinski definition) is 0. The summed E-state index contributed by atoms with van der Waals surface area (Å²) >= 11 is 1.50. The number of carbonyl (C=O) groups excluding carboxylic acids is 1. The molecule has 1 amide bonds. The molecule has 0 aliphatic carbocycles. The van der Waals surface area contributed by atoms with Crippen LogP contribution < -0.4 is 0 Å². The molecule has 0 bridgehead atoms. The van der Waals surface area contributed by atoms with E-state index >= 15 is 0 Å². The quantitative estimate of drug-likeness (QED) is 0.785. The largest absolute Gasteiger partial charge is 0.383 e. The van der Waals surface area contributed by atoms with Crippen molar-refractivity contribution in [1.29, 1.82) is 0 Å². The first-order chi connectivity index (χ1) is 11.6. The van der Waals surface area contributed by atoms with Gasteiger partial charge in [-0.25, -0.2) is 0 Å². The molecule has 134 valence electrons. The Labute approximate surface area is 148 Å². The maximum Gasteiger partial charge on any atom is 0.230 e. The number of methoxy groups -OCH3 is 1. The number of ether oxygens (including phenoxy) is 1. The first-order valence-corrected chi connectivity index (χ1v) is 9.65. The number of amides is 1. The summed E-state index contributed by atoms with van der Waals surface area (Å²) in [6, 6.07) is 0. The van der Waals surface area contributed by atoms with Gasteiger partial charge in [-0.15, -0.1) is 5.10 Å². The predicted molar refractivity (Wildman–Crippen MR) is 94.0 cm³/mol. The van der Waals surface area contributed by atoms with Crippen LogP contribution in [0.5, 0.6) is 0 Å². The number of carbonyl (C=O) groups is 1. The molecule has 24 heavy (non-hydrogen) atoms. The highest BCUT2D eigenvalue weighted by atomic mass is 32.1. The molecule has 2 aliphatic heterocycles. The van der Waals surface area contributed by atoms with E-state index in [-0.39, 0.29) is 5.41 Å². The van der Waals surface area contributed by atoms with Gasteiger partial charge in [0.25, 0.3) is 0 Å². The van der Waals surface area contributed by atoms with Crippen LogP contribution in [0.2, 0.25) is 0 Å². The van der Waals surface area contributed by atoms with Crippen molar-refractivity contribution in [2.24, 2.45) is 5.41 Å². The molecule has 3 rings (SSSR count). The molecule has 1 atom stereocenters. The van der Waals surface area contributed by atoms with E-state index in [0.717, 1.165) is 51.1 Å². The van der Waals surface area contributed by atoms with Gasteiger partial charge in [0.2, 0.25) is 5.91 Å². The zero-order chi connectivity index (χ0) is 17.2. The molecule has 0 aromatic carbocycles. The Balaban J connectivity index is 1.65. The lowest BCUT2D eigenvalue weighted by Gasteiger charge is -2.39. The molecule has 0 saturated carbocycles. The molecule has 3 heterocycles. The van der Waals surface area contributed by atoms with Crippen molar-refractivity contribution in [3.05, 3.63) is 10.6 Å². The average molecular weight is 353 g/mol. The highest BCUT2D eigenvalue weighted by Gasteiger charge is 2.48. The summed E-state index contributed by atoms with van der Waals surface area (Å²) in [5, 5.41) is 4.28. The van der Waals surface area contributed by atoms with Gasteiger partial charge in [-0.3, -0.25) is 9.69 Å². The molecule has 0 unspecified atom stereocenters. The van der Waals surface area contributed by atoms with Crippen molar-refractivity contribution in [3.63, 3.8) is 0 Å². The molecule has 7 heteroatoms. The van der Waals surface area contributed by atoms with Crippen molar-refractivity contribution < 1.29 is 9.53 Å². The van der Waals surface area contributed by atoms with Crippen LogP contribution in [0.15, 0.2) is 0 Å². The van der Waals surface area contributed by atoms with E-state index < -0.39 is 0 Å². The molecular weight excluding hydrogens is 324 g/mol. The second-order valence-electron chi connectivity index (χ2n) is 7.37. The molecule has 0 N–H and O–H groups in total. The molecule has 6 nitrogen and oxygen atoms in total. The van der Waals surface area contributed by atoms with E-state index in [4.69, 9.17) is 4.74 Å². The van der Waals surface area contributed by atoms with Crippen molar-refractivity contribution in [1.82, 2.24) is 19.4 Å². The van der Waals surface area contributed by atoms with Crippen LogP contribution in [-0.4, -0.2) is 65.2 Å². The van der Waals surface area contributed by atoms with Gasteiger partial charge in [-0.1, -0.05) is 18.3 Å². The van der Waals surface area contributed by atoms with E-state index in [1.54, 1.807) is 7.11 Å². The van der Waals surface area contributed by atoms with E-state index in [1.165, 1.54) is 16.4 Å². The van der Waals surface area contributed by atoms with Crippen LogP contribution in [0.25, 0.3) is 0 Å². The predicted octanol–water partition coefficient (Wildman–Crippen LogP) is 2.12. The van der Waals surface area contributed by atoms with E-state index in [9.17, 15) is 4.79 Å². The van der Waals surface area contributed by atoms with Gasteiger partial charge in [0.05, 0.1) is 22.6 Å². The fourth-order valence-corrected chi connectivity index (χ4v) is 4.84. The Morgan fingerprint density at radius 2 is 2.17 bits per heavy atom. The maximum atomic E-state index is 13.0. The van der Waals surface area contributed by atoms with Gasteiger partial charge in [0.1, 0.15) is 0 Å². The van der Waals surface area contributed by atoms with Crippen LogP contribution in [-0.2, 0) is 16.1 Å². The standard InChI is InChI=1S/C17H28N4O2S/c1-13(2)15-14(24-19-18-15)11-20-8-6-17(12-20)5-4-7-21(16(17)22)9-10-23-3/h13H,4-12H2,1-3H3/t17-/m1/s1. The van der Waals surface area contributed by atoms with Gasteiger partial charge < -0.3 is 9.64 Å². The molecule has 2 saturated heterocycles. The van der Waals surface area contributed by atoms with E-state index in [1.807, 2.05) is 4.90 Å². The zero-order valence-electron chi connectivity index (χ0n) is 15.0. The van der Waals surface area contributed by atoms with Crippen molar-refractivity contribution in [2.45, 2.75) is 45.6 Å². The molecule has 2 fully saturated rings. The fraction of sp³-hybridized carbons (Fsp3) is 0.824. The number of aromatic nitrogens is 2. The Bertz CT molecular complexity index is 577. The molecular formula is C17H28N4O2S. The highest BCUT2D eigenvalue weighted by molar-refractivity contribution is 7.05. The molecule has 1 aromatic rings. The monoisotopic (exact) mass is 352 g/mol. The van der Waals surface area contributed by atoms with E-state index in [2.05, 4.69) is 28.3 Å². The van der Waals surface area contributed by atoms with Crippen molar-refractivity contribution in [2.75, 3.05) is 39.9 Å². The van der Waals surface area contributed by atoms with Crippen LogP contribution in [0.4, 0.5) is 0 Å². The summed E-state index contributed by atoms with van der Waals surface area (Å²) in [4.78, 5) is 18.7. The summed E-state index contributed by atoms with van der Waals surface area (Å²) in [6.45, 7) is 9.25. The Morgan fingerprint density at radius 1 is 1.33 bits per heavy atom. The summed E-state index contributed by atoms with van der Waals surface area (Å²) in [6.07, 6.45) is 3.09. The lowest BCUT2D eigenvalue weighted by atomic mass is 9.78. The lowest BCUT2D eigenvalue weighted by molar-refractivity contribution is -0.146. The van der Waals surface area contributed by atoms with Crippen LogP contribution in [0.3, 0.4) is 0 Å². The van der Waals surface area contributed by atoms with Gasteiger partial charge >= 0.3 is 0 Å². The SMILES string of the molecule is COCCN1CCC[C@]2(CCN(Cc3snnc3C(C)C)C2)C1=O. The van der Waals surface area contributed by atoms with Crippen LogP contribution in [0, 0.1) is 5.41 Å². The normalized spacial score (nSPS) is 25.3. The number of nitrogens with zero attached hydrogens (tertiary/aromatic N) is 4. The van der Waals surface area contributed by atoms with Gasteiger partial charge in [-0.05, 0) is 43.3 Å². The lowest BCUT2D eigenvalue weighted by Crippen LogP contribution is -2.50.